The molecule has 1 aliphatic rings. The molecule has 4 rings (SSSR count). The van der Waals surface area contributed by atoms with E-state index < -0.39 is 18.2 Å². The number of cyclic esters (lactones) is 1. The molecule has 3 unspecified atom stereocenters. The van der Waals surface area contributed by atoms with E-state index in [4.69, 9.17) is 4.74 Å². The third-order valence-corrected chi connectivity index (χ3v) is 6.66. The Bertz CT molecular complexity index is 1130. The average molecular weight is 478 g/mol. The van der Waals surface area contributed by atoms with Gasteiger partial charge in [0.25, 0.3) is 5.91 Å². The van der Waals surface area contributed by atoms with E-state index in [1.807, 2.05) is 55.6 Å². The summed E-state index contributed by atoms with van der Waals surface area (Å²) in [6.45, 7) is 4.19. The highest BCUT2D eigenvalue weighted by Crippen LogP contribution is 2.34. The summed E-state index contributed by atoms with van der Waals surface area (Å²) in [7, 11) is 0. The molecule has 2 N–H and O–H groups in total. The molecule has 0 spiro atoms. The number of ether oxygens (including phenoxy) is 1. The van der Waals surface area contributed by atoms with Gasteiger partial charge < -0.3 is 15.4 Å². The fourth-order valence-corrected chi connectivity index (χ4v) is 4.40. The van der Waals surface area contributed by atoms with Gasteiger partial charge in [-0.1, -0.05) is 55.5 Å². The van der Waals surface area contributed by atoms with Crippen molar-refractivity contribution in [2.45, 2.75) is 45.0 Å². The largest absolute Gasteiger partial charge is 0.438 e. The lowest BCUT2D eigenvalue weighted by Crippen LogP contribution is -2.48. The Kier molecular flexibility index (Phi) is 7.27. The van der Waals surface area contributed by atoms with Gasteiger partial charge in [0.1, 0.15) is 0 Å². The summed E-state index contributed by atoms with van der Waals surface area (Å²) in [6, 6.07) is 19.3. The molecule has 0 aliphatic carbocycles. The van der Waals surface area contributed by atoms with Gasteiger partial charge in [-0.3, -0.25) is 14.5 Å². The van der Waals surface area contributed by atoms with E-state index in [-0.39, 0.29) is 24.4 Å². The van der Waals surface area contributed by atoms with Gasteiger partial charge in [0, 0.05) is 11.7 Å². The van der Waals surface area contributed by atoms with E-state index in [1.54, 1.807) is 30.3 Å². The second-order valence-corrected chi connectivity index (χ2v) is 9.18. The first-order valence-corrected chi connectivity index (χ1v) is 12.1. The number of nitrogens with zero attached hydrogens (tertiary/aromatic N) is 1. The van der Waals surface area contributed by atoms with Crippen LogP contribution >= 0.6 is 11.3 Å². The van der Waals surface area contributed by atoms with Crippen LogP contribution in [-0.4, -0.2) is 34.9 Å². The lowest BCUT2D eigenvalue weighted by atomic mass is 10.00. The minimum absolute atomic E-state index is 0.0303. The van der Waals surface area contributed by atoms with Crippen molar-refractivity contribution in [1.82, 2.24) is 10.2 Å². The first-order valence-electron chi connectivity index (χ1n) is 11.2. The van der Waals surface area contributed by atoms with E-state index in [0.29, 0.717) is 16.1 Å². The van der Waals surface area contributed by atoms with Crippen LogP contribution < -0.4 is 10.6 Å². The number of thiophene rings is 1. The smallest absolute Gasteiger partial charge is 0.411 e. The zero-order valence-corrected chi connectivity index (χ0v) is 19.9. The Labute approximate surface area is 202 Å². The van der Waals surface area contributed by atoms with Crippen molar-refractivity contribution in [3.05, 3.63) is 88.1 Å². The van der Waals surface area contributed by atoms with E-state index in [2.05, 4.69) is 10.6 Å². The molecule has 34 heavy (non-hydrogen) atoms. The SMILES string of the molecule is CCC(C)NC(=O)C1C(c2ccc(NC(=O)c3cccs3)cc2)OC(=O)N1Cc1ccccc1. The first kappa shape index (κ1) is 23.5. The maximum Gasteiger partial charge on any atom is 0.411 e. The number of anilines is 1. The highest BCUT2D eigenvalue weighted by Gasteiger charge is 2.47. The molecule has 8 heteroatoms. The van der Waals surface area contributed by atoms with Crippen LogP contribution in [0.3, 0.4) is 0 Å². The number of carbonyl (C=O) groups is 3. The van der Waals surface area contributed by atoms with Crippen LogP contribution in [0.5, 0.6) is 0 Å². The molecule has 0 radical (unpaired) electrons. The summed E-state index contributed by atoms with van der Waals surface area (Å²) in [4.78, 5) is 40.5. The fourth-order valence-electron chi connectivity index (χ4n) is 3.78. The van der Waals surface area contributed by atoms with Gasteiger partial charge in [-0.05, 0) is 48.1 Å². The third-order valence-electron chi connectivity index (χ3n) is 5.79. The molecule has 3 atom stereocenters. The summed E-state index contributed by atoms with van der Waals surface area (Å²) in [5.74, 6) is -0.439. The van der Waals surface area contributed by atoms with Gasteiger partial charge in [0.15, 0.2) is 12.1 Å². The molecule has 1 aliphatic heterocycles. The van der Waals surface area contributed by atoms with Gasteiger partial charge in [-0.25, -0.2) is 4.79 Å². The summed E-state index contributed by atoms with van der Waals surface area (Å²) >= 11 is 1.37. The standard InChI is InChI=1S/C26H27N3O4S/c1-3-17(2)27-25(31)22-23(33-26(32)29(22)16-18-8-5-4-6-9-18)19-11-13-20(14-12-19)28-24(30)21-10-7-15-34-21/h4-15,17,22-23H,3,16H2,1-2H3,(H,27,31)(H,28,30). The van der Waals surface area contributed by atoms with Crippen LogP contribution in [0.15, 0.2) is 72.1 Å². The Morgan fingerprint density at radius 1 is 1.06 bits per heavy atom. The van der Waals surface area contributed by atoms with Crippen LogP contribution in [0.1, 0.15) is 47.2 Å². The minimum Gasteiger partial charge on any atom is -0.438 e. The zero-order valence-electron chi connectivity index (χ0n) is 19.1. The van der Waals surface area contributed by atoms with E-state index in [1.165, 1.54) is 16.2 Å². The second kappa shape index (κ2) is 10.5. The first-order chi connectivity index (χ1) is 16.5. The molecule has 1 aromatic heterocycles. The van der Waals surface area contributed by atoms with Crippen molar-refractivity contribution >= 4 is 34.9 Å². The minimum atomic E-state index is -0.812. The molecule has 0 saturated carbocycles. The quantitative estimate of drug-likeness (QED) is 0.479. The molecule has 2 aromatic carbocycles. The number of nitrogens with one attached hydrogen (secondary N) is 2. The molecule has 3 amide bonds. The monoisotopic (exact) mass is 477 g/mol. The summed E-state index contributed by atoms with van der Waals surface area (Å²) in [6.07, 6.45) is -0.523. The van der Waals surface area contributed by atoms with Crippen LogP contribution in [0.4, 0.5) is 10.5 Å². The van der Waals surface area contributed by atoms with Crippen molar-refractivity contribution in [3.8, 4) is 0 Å². The molecule has 1 saturated heterocycles. The Morgan fingerprint density at radius 3 is 2.44 bits per heavy atom. The summed E-state index contributed by atoms with van der Waals surface area (Å²) in [5, 5.41) is 7.69. The van der Waals surface area contributed by atoms with Crippen molar-refractivity contribution in [1.29, 1.82) is 0 Å². The van der Waals surface area contributed by atoms with Gasteiger partial charge in [0.05, 0.1) is 11.4 Å². The van der Waals surface area contributed by atoms with Crippen molar-refractivity contribution in [2.24, 2.45) is 0 Å². The van der Waals surface area contributed by atoms with Crippen molar-refractivity contribution in [2.75, 3.05) is 5.32 Å². The Morgan fingerprint density at radius 2 is 1.79 bits per heavy atom. The average Bonchev–Trinajstić information content (AvgIpc) is 3.49. The van der Waals surface area contributed by atoms with E-state index in [9.17, 15) is 14.4 Å². The summed E-state index contributed by atoms with van der Waals surface area (Å²) in [5.41, 5.74) is 2.21. The highest BCUT2D eigenvalue weighted by atomic mass is 32.1. The number of hydrogen-bond donors (Lipinski definition) is 2. The van der Waals surface area contributed by atoms with Crippen LogP contribution in [0, 0.1) is 0 Å². The van der Waals surface area contributed by atoms with Crippen LogP contribution in [-0.2, 0) is 16.1 Å². The predicted octanol–water partition coefficient (Wildman–Crippen LogP) is 4.98. The maximum atomic E-state index is 13.2. The Balaban J connectivity index is 1.56. The van der Waals surface area contributed by atoms with Crippen molar-refractivity contribution < 1.29 is 19.1 Å². The maximum absolute atomic E-state index is 13.2. The molecule has 0 bridgehead atoms. The zero-order chi connectivity index (χ0) is 24.1. The molecule has 176 valence electrons. The van der Waals surface area contributed by atoms with Crippen LogP contribution in [0.25, 0.3) is 0 Å². The van der Waals surface area contributed by atoms with Crippen LogP contribution in [0.2, 0.25) is 0 Å². The molecular formula is C26H27N3O4S. The van der Waals surface area contributed by atoms with Gasteiger partial charge >= 0.3 is 6.09 Å². The van der Waals surface area contributed by atoms with E-state index >= 15 is 0 Å². The number of carbonyl (C=O) groups excluding carboxylic acids is 3. The third kappa shape index (κ3) is 5.28. The van der Waals surface area contributed by atoms with Crippen molar-refractivity contribution in [3.63, 3.8) is 0 Å². The lowest BCUT2D eigenvalue weighted by molar-refractivity contribution is -0.127. The van der Waals surface area contributed by atoms with Gasteiger partial charge in [-0.2, -0.15) is 0 Å². The number of hydrogen-bond acceptors (Lipinski definition) is 5. The molecular weight excluding hydrogens is 450 g/mol. The number of rotatable bonds is 8. The van der Waals surface area contributed by atoms with Gasteiger partial charge in [0.2, 0.25) is 5.91 Å². The topological polar surface area (TPSA) is 87.7 Å². The molecule has 2 heterocycles. The normalized spacial score (nSPS) is 18.3. The fraction of sp³-hybridized carbons (Fsp3) is 0.269. The lowest BCUT2D eigenvalue weighted by Gasteiger charge is -2.25. The number of amides is 3. The number of benzene rings is 2. The molecule has 7 nitrogen and oxygen atoms in total. The predicted molar refractivity (Wildman–Crippen MR) is 132 cm³/mol. The second-order valence-electron chi connectivity index (χ2n) is 8.23. The van der Waals surface area contributed by atoms with Gasteiger partial charge in [-0.15, -0.1) is 11.3 Å². The highest BCUT2D eigenvalue weighted by molar-refractivity contribution is 7.12. The molecule has 1 fully saturated rings. The van der Waals surface area contributed by atoms with E-state index in [0.717, 1.165) is 12.0 Å². The summed E-state index contributed by atoms with van der Waals surface area (Å²) < 4.78 is 5.70. The molecule has 3 aromatic rings. The Hall–Kier alpha value is -3.65.